The molecule has 0 saturated heterocycles. The summed E-state index contributed by atoms with van der Waals surface area (Å²) in [6.45, 7) is 5.63. The third kappa shape index (κ3) is 9.91. The number of rotatable bonds is 6. The number of hydrogen-bond donors (Lipinski definition) is 1. The van der Waals surface area contributed by atoms with Crippen molar-refractivity contribution in [2.75, 3.05) is 19.7 Å². The Morgan fingerprint density at radius 3 is 2.58 bits per heavy atom. The molecule has 0 radical (unpaired) electrons. The lowest BCUT2D eigenvalue weighted by atomic mass is 10.3. The molecule has 3 nitrogen and oxygen atoms in total. The Bertz CT molecular complexity index is 109. The lowest BCUT2D eigenvalue weighted by Gasteiger charge is -2.02. The predicted octanol–water partition coefficient (Wildman–Crippen LogP) is 1.52. The van der Waals surface area contributed by atoms with Crippen molar-refractivity contribution in [1.82, 2.24) is 5.32 Å². The third-order valence-corrected chi connectivity index (χ3v) is 1.28. The highest BCUT2D eigenvalue weighted by atomic mass is 79.9. The molecule has 0 atom stereocenters. The first-order chi connectivity index (χ1) is 5.31. The number of halogens is 1. The Morgan fingerprint density at radius 2 is 2.08 bits per heavy atom. The molecule has 0 aliphatic carbocycles. The average Bonchev–Trinajstić information content (AvgIpc) is 1.99. The summed E-state index contributed by atoms with van der Waals surface area (Å²) in [5.74, 6) is -0.163. The maximum atomic E-state index is 10.7. The zero-order chi connectivity index (χ0) is 8.53. The molecule has 0 amide bonds. The fourth-order valence-electron chi connectivity index (χ4n) is 0.704. The first-order valence-corrected chi connectivity index (χ1v) is 4.17. The van der Waals surface area contributed by atoms with Crippen LogP contribution in [0.15, 0.2) is 0 Å². The van der Waals surface area contributed by atoms with Gasteiger partial charge in [0, 0.05) is 0 Å². The molecule has 0 aliphatic rings. The largest absolute Gasteiger partial charge is 0.465 e. The van der Waals surface area contributed by atoms with E-state index in [2.05, 4.69) is 12.2 Å². The van der Waals surface area contributed by atoms with Crippen LogP contribution in [-0.4, -0.2) is 25.7 Å². The summed E-state index contributed by atoms with van der Waals surface area (Å²) >= 11 is 0. The zero-order valence-electron chi connectivity index (χ0n) is 7.76. The zero-order valence-corrected chi connectivity index (χ0v) is 9.47. The lowest BCUT2D eigenvalue weighted by molar-refractivity contribution is -0.141. The van der Waals surface area contributed by atoms with Gasteiger partial charge in [-0.2, -0.15) is 0 Å². The van der Waals surface area contributed by atoms with Crippen LogP contribution in [0.5, 0.6) is 0 Å². The van der Waals surface area contributed by atoms with E-state index in [0.717, 1.165) is 19.4 Å². The van der Waals surface area contributed by atoms with Crippen LogP contribution in [0.2, 0.25) is 0 Å². The third-order valence-electron chi connectivity index (χ3n) is 1.28. The molecule has 0 unspecified atom stereocenters. The van der Waals surface area contributed by atoms with Crippen molar-refractivity contribution >= 4 is 23.0 Å². The number of carbonyl (C=O) groups excluding carboxylic acids is 1. The molecule has 74 valence electrons. The minimum Gasteiger partial charge on any atom is -0.465 e. The fraction of sp³-hybridized carbons (Fsp3) is 0.875. The van der Waals surface area contributed by atoms with E-state index >= 15 is 0 Å². The maximum Gasteiger partial charge on any atom is 0.319 e. The van der Waals surface area contributed by atoms with Gasteiger partial charge in [0.15, 0.2) is 0 Å². The smallest absolute Gasteiger partial charge is 0.319 e. The molecule has 0 bridgehead atoms. The molecule has 0 aromatic carbocycles. The van der Waals surface area contributed by atoms with Crippen LogP contribution in [0.4, 0.5) is 0 Å². The number of unbranched alkanes of at least 4 members (excludes halogenated alkanes) is 1. The molecule has 0 aliphatic heterocycles. The van der Waals surface area contributed by atoms with Crippen molar-refractivity contribution in [3.63, 3.8) is 0 Å². The summed E-state index contributed by atoms with van der Waals surface area (Å²) in [7, 11) is 0. The summed E-state index contributed by atoms with van der Waals surface area (Å²) in [4.78, 5) is 10.7. The van der Waals surface area contributed by atoms with Crippen LogP contribution in [0.25, 0.3) is 0 Å². The number of carbonyl (C=O) groups is 1. The van der Waals surface area contributed by atoms with Crippen LogP contribution < -0.4 is 5.32 Å². The molecule has 0 aromatic rings. The Labute approximate surface area is 84.6 Å². The highest BCUT2D eigenvalue weighted by Crippen LogP contribution is 1.82. The van der Waals surface area contributed by atoms with Gasteiger partial charge in [0.25, 0.3) is 0 Å². The monoisotopic (exact) mass is 239 g/mol. The molecule has 0 spiro atoms. The summed E-state index contributed by atoms with van der Waals surface area (Å²) in [6.07, 6.45) is 2.26. The van der Waals surface area contributed by atoms with E-state index in [1.54, 1.807) is 0 Å². The number of hydrogen-bond acceptors (Lipinski definition) is 3. The van der Waals surface area contributed by atoms with Crippen molar-refractivity contribution in [2.24, 2.45) is 0 Å². The molecule has 12 heavy (non-hydrogen) atoms. The Morgan fingerprint density at radius 1 is 1.42 bits per heavy atom. The van der Waals surface area contributed by atoms with Gasteiger partial charge >= 0.3 is 5.97 Å². The van der Waals surface area contributed by atoms with Crippen molar-refractivity contribution in [3.8, 4) is 0 Å². The van der Waals surface area contributed by atoms with Crippen molar-refractivity contribution in [3.05, 3.63) is 0 Å². The van der Waals surface area contributed by atoms with Gasteiger partial charge in [0.1, 0.15) is 0 Å². The van der Waals surface area contributed by atoms with Crippen LogP contribution in [-0.2, 0) is 9.53 Å². The summed E-state index contributed by atoms with van der Waals surface area (Å²) in [6, 6.07) is 0. The van der Waals surface area contributed by atoms with Gasteiger partial charge in [0.05, 0.1) is 13.2 Å². The highest BCUT2D eigenvalue weighted by molar-refractivity contribution is 8.93. The van der Waals surface area contributed by atoms with E-state index in [4.69, 9.17) is 4.74 Å². The van der Waals surface area contributed by atoms with Gasteiger partial charge in [0.2, 0.25) is 0 Å². The Hall–Kier alpha value is -0.0900. The topological polar surface area (TPSA) is 38.3 Å². The molecular weight excluding hydrogens is 222 g/mol. The quantitative estimate of drug-likeness (QED) is 0.565. The van der Waals surface area contributed by atoms with Gasteiger partial charge in [-0.1, -0.05) is 13.3 Å². The van der Waals surface area contributed by atoms with Gasteiger partial charge in [-0.3, -0.25) is 4.79 Å². The minimum absolute atomic E-state index is 0. The van der Waals surface area contributed by atoms with Gasteiger partial charge < -0.3 is 10.1 Å². The fourth-order valence-corrected chi connectivity index (χ4v) is 0.704. The summed E-state index contributed by atoms with van der Waals surface area (Å²) < 4.78 is 4.72. The first kappa shape index (κ1) is 14.4. The van der Waals surface area contributed by atoms with Crippen LogP contribution >= 0.6 is 17.0 Å². The van der Waals surface area contributed by atoms with E-state index in [9.17, 15) is 4.79 Å². The number of ether oxygens (including phenoxy) is 1. The average molecular weight is 240 g/mol. The van der Waals surface area contributed by atoms with E-state index in [1.807, 2.05) is 6.92 Å². The van der Waals surface area contributed by atoms with E-state index in [1.165, 1.54) is 0 Å². The van der Waals surface area contributed by atoms with Crippen molar-refractivity contribution in [1.29, 1.82) is 0 Å². The SMILES string of the molecule is Br.CCCCNCC(=O)OCC. The van der Waals surface area contributed by atoms with Gasteiger partial charge in [-0.15, -0.1) is 17.0 Å². The van der Waals surface area contributed by atoms with Crippen molar-refractivity contribution in [2.45, 2.75) is 26.7 Å². The normalized spacial score (nSPS) is 8.83. The number of nitrogens with one attached hydrogen (secondary N) is 1. The molecule has 1 N–H and O–H groups in total. The lowest BCUT2D eigenvalue weighted by Crippen LogP contribution is -2.25. The Kier molecular flexibility index (Phi) is 13.1. The molecule has 0 heterocycles. The van der Waals surface area contributed by atoms with Gasteiger partial charge in [-0.25, -0.2) is 0 Å². The van der Waals surface area contributed by atoms with Crippen LogP contribution in [0, 0.1) is 0 Å². The highest BCUT2D eigenvalue weighted by Gasteiger charge is 1.97. The van der Waals surface area contributed by atoms with E-state index in [0.29, 0.717) is 13.2 Å². The van der Waals surface area contributed by atoms with Gasteiger partial charge in [-0.05, 0) is 19.9 Å². The molecule has 0 rings (SSSR count). The number of esters is 1. The van der Waals surface area contributed by atoms with Crippen molar-refractivity contribution < 1.29 is 9.53 Å². The van der Waals surface area contributed by atoms with Crippen LogP contribution in [0.3, 0.4) is 0 Å². The molecule has 4 heteroatoms. The Balaban J connectivity index is 0. The second kappa shape index (κ2) is 10.9. The van der Waals surface area contributed by atoms with E-state index < -0.39 is 0 Å². The first-order valence-electron chi connectivity index (χ1n) is 4.17. The van der Waals surface area contributed by atoms with E-state index in [-0.39, 0.29) is 23.0 Å². The molecule has 0 saturated carbocycles. The standard InChI is InChI=1S/C8H17NO2.BrH/c1-3-5-6-9-7-8(10)11-4-2;/h9H,3-7H2,1-2H3;1H. The summed E-state index contributed by atoms with van der Waals surface area (Å²) in [5, 5.41) is 3.00. The second-order valence-corrected chi connectivity index (χ2v) is 2.34. The second-order valence-electron chi connectivity index (χ2n) is 2.34. The minimum atomic E-state index is -0.163. The predicted molar refractivity (Wildman–Crippen MR) is 54.7 cm³/mol. The van der Waals surface area contributed by atoms with Crippen LogP contribution in [0.1, 0.15) is 26.7 Å². The molecular formula is C8H18BrNO2. The maximum absolute atomic E-state index is 10.7. The summed E-state index contributed by atoms with van der Waals surface area (Å²) in [5.41, 5.74) is 0. The molecule has 0 aromatic heterocycles. The molecule has 0 fully saturated rings.